The van der Waals surface area contributed by atoms with Crippen LogP contribution in [0.4, 0.5) is 0 Å². The average Bonchev–Trinajstić information content (AvgIpc) is 3.02. The van der Waals surface area contributed by atoms with Gasteiger partial charge in [-0.25, -0.2) is 0 Å². The third-order valence-corrected chi connectivity index (χ3v) is 4.94. The van der Waals surface area contributed by atoms with E-state index in [1.807, 2.05) is 55.5 Å². The van der Waals surface area contributed by atoms with Crippen LogP contribution in [0.2, 0.25) is 0 Å². The topological polar surface area (TPSA) is 71.9 Å². The molecule has 1 amide bonds. The lowest BCUT2D eigenvalue weighted by Crippen LogP contribution is -2.34. The largest absolute Gasteiger partial charge is 0.493 e. The van der Waals surface area contributed by atoms with Crippen molar-refractivity contribution in [2.75, 3.05) is 6.61 Å². The fraction of sp³-hybridized carbons (Fsp3) is 0.250. The second-order valence-electron chi connectivity index (χ2n) is 6.60. The zero-order chi connectivity index (χ0) is 18.8. The minimum atomic E-state index is -0.108. The molecule has 0 bridgehead atoms. The van der Waals surface area contributed by atoms with Gasteiger partial charge < -0.3 is 10.1 Å². The maximum absolute atomic E-state index is 12.7. The fourth-order valence-corrected chi connectivity index (χ4v) is 3.54. The molecule has 2 N–H and O–H groups in total. The van der Waals surface area contributed by atoms with Gasteiger partial charge in [0.1, 0.15) is 12.3 Å². The summed E-state index contributed by atoms with van der Waals surface area (Å²) < 4.78 is 7.81. The Kier molecular flexibility index (Phi) is 4.77. The summed E-state index contributed by atoms with van der Waals surface area (Å²) in [6, 6.07) is 15.7. The number of aromatic amines is 1. The first-order chi connectivity index (χ1) is 13.1. The molecule has 7 heteroatoms. The number of hydrogen-bond acceptors (Lipinski definition) is 4. The van der Waals surface area contributed by atoms with Gasteiger partial charge in [0.25, 0.3) is 0 Å². The van der Waals surface area contributed by atoms with E-state index in [9.17, 15) is 4.79 Å². The van der Waals surface area contributed by atoms with Gasteiger partial charge in [-0.2, -0.15) is 5.10 Å². The Morgan fingerprint density at radius 2 is 2.19 bits per heavy atom. The normalized spacial score (nSPS) is 15.7. The first-order valence-electron chi connectivity index (χ1n) is 8.85. The number of amides is 1. The molecule has 1 atom stereocenters. The molecular weight excluding hydrogens is 360 g/mol. The van der Waals surface area contributed by atoms with Crippen molar-refractivity contribution in [2.45, 2.75) is 25.9 Å². The summed E-state index contributed by atoms with van der Waals surface area (Å²) >= 11 is 5.34. The lowest BCUT2D eigenvalue weighted by Gasteiger charge is -2.26. The fourth-order valence-electron chi connectivity index (χ4n) is 3.34. The van der Waals surface area contributed by atoms with E-state index in [-0.39, 0.29) is 18.5 Å². The molecule has 0 saturated carbocycles. The van der Waals surface area contributed by atoms with Gasteiger partial charge in [0.2, 0.25) is 5.91 Å². The van der Waals surface area contributed by atoms with Gasteiger partial charge >= 0.3 is 0 Å². The number of fused-ring (bicyclic) bond motifs is 1. The number of hydrogen-bond donors (Lipinski definition) is 2. The van der Waals surface area contributed by atoms with Crippen molar-refractivity contribution in [2.24, 2.45) is 0 Å². The van der Waals surface area contributed by atoms with Gasteiger partial charge in [-0.3, -0.25) is 14.5 Å². The first-order valence-corrected chi connectivity index (χ1v) is 9.26. The van der Waals surface area contributed by atoms with E-state index in [4.69, 9.17) is 17.0 Å². The van der Waals surface area contributed by atoms with Crippen molar-refractivity contribution in [1.82, 2.24) is 20.1 Å². The van der Waals surface area contributed by atoms with E-state index in [2.05, 4.69) is 15.5 Å². The molecule has 0 fully saturated rings. The Bertz CT molecular complexity index is 1040. The van der Waals surface area contributed by atoms with Gasteiger partial charge in [0.15, 0.2) is 10.6 Å². The number of nitrogens with one attached hydrogen (secondary N) is 2. The molecule has 1 unspecified atom stereocenters. The zero-order valence-corrected chi connectivity index (χ0v) is 15.8. The Morgan fingerprint density at radius 1 is 1.33 bits per heavy atom. The lowest BCUT2D eigenvalue weighted by atomic mass is 10.0. The molecular formula is C20H20N4O2S. The molecule has 1 aliphatic rings. The lowest BCUT2D eigenvalue weighted by molar-refractivity contribution is -0.122. The molecule has 4 rings (SSSR count). The van der Waals surface area contributed by atoms with Crippen molar-refractivity contribution in [1.29, 1.82) is 0 Å². The summed E-state index contributed by atoms with van der Waals surface area (Å²) in [5.41, 5.74) is 3.05. The number of rotatable bonds is 4. The van der Waals surface area contributed by atoms with Gasteiger partial charge in [-0.1, -0.05) is 42.0 Å². The van der Waals surface area contributed by atoms with Crippen molar-refractivity contribution in [3.8, 4) is 17.1 Å². The van der Waals surface area contributed by atoms with Crippen molar-refractivity contribution in [3.05, 3.63) is 64.4 Å². The molecule has 27 heavy (non-hydrogen) atoms. The van der Waals surface area contributed by atoms with E-state index >= 15 is 0 Å². The van der Waals surface area contributed by atoms with Crippen LogP contribution < -0.4 is 10.1 Å². The highest BCUT2D eigenvalue weighted by Gasteiger charge is 2.23. The molecule has 0 aliphatic carbocycles. The predicted molar refractivity (Wildman–Crippen MR) is 105 cm³/mol. The summed E-state index contributed by atoms with van der Waals surface area (Å²) in [7, 11) is 0. The standard InChI is InChI=1S/C20H20N4O2S/c1-13-5-4-6-14(11-13)19-22-23-20(27)24(19)12-18(25)21-16-9-10-26-17-8-3-2-7-15(16)17/h2-8,11,16H,9-10,12H2,1H3,(H,21,25)(H,23,27). The Morgan fingerprint density at radius 3 is 3.04 bits per heavy atom. The number of aryl methyl sites for hydroxylation is 1. The van der Waals surface area contributed by atoms with Crippen molar-refractivity contribution in [3.63, 3.8) is 0 Å². The molecule has 2 heterocycles. The van der Waals surface area contributed by atoms with Crippen LogP contribution in [0.15, 0.2) is 48.5 Å². The first kappa shape index (κ1) is 17.5. The van der Waals surface area contributed by atoms with Crippen molar-refractivity contribution < 1.29 is 9.53 Å². The minimum absolute atomic E-state index is 0.0639. The van der Waals surface area contributed by atoms with E-state index in [1.165, 1.54) is 0 Å². The summed E-state index contributed by atoms with van der Waals surface area (Å²) in [6.07, 6.45) is 0.740. The van der Waals surface area contributed by atoms with E-state index < -0.39 is 0 Å². The summed E-state index contributed by atoms with van der Waals surface area (Å²) in [5.74, 6) is 1.38. The third kappa shape index (κ3) is 3.64. The molecule has 3 aromatic rings. The number of benzene rings is 2. The van der Waals surface area contributed by atoms with E-state index in [0.717, 1.165) is 28.9 Å². The third-order valence-electron chi connectivity index (χ3n) is 4.63. The number of carbonyl (C=O) groups excluding carboxylic acids is 1. The van der Waals surface area contributed by atoms with Crippen LogP contribution >= 0.6 is 12.2 Å². The van der Waals surface area contributed by atoms with Crippen LogP contribution in [-0.4, -0.2) is 27.3 Å². The maximum atomic E-state index is 12.7. The van der Waals surface area contributed by atoms with Gasteiger partial charge in [0.05, 0.1) is 12.6 Å². The van der Waals surface area contributed by atoms with Crippen LogP contribution in [0.25, 0.3) is 11.4 Å². The average molecular weight is 380 g/mol. The second kappa shape index (κ2) is 7.36. The number of nitrogens with zero attached hydrogens (tertiary/aromatic N) is 2. The predicted octanol–water partition coefficient (Wildman–Crippen LogP) is 3.56. The molecule has 1 aromatic heterocycles. The van der Waals surface area contributed by atoms with Gasteiger partial charge in [-0.05, 0) is 31.3 Å². The summed E-state index contributed by atoms with van der Waals surface area (Å²) in [6.45, 7) is 2.71. The van der Waals surface area contributed by atoms with Crippen LogP contribution in [0.5, 0.6) is 5.75 Å². The Hall–Kier alpha value is -2.93. The van der Waals surface area contributed by atoms with Crippen LogP contribution in [0, 0.1) is 11.7 Å². The van der Waals surface area contributed by atoms with E-state index in [0.29, 0.717) is 17.2 Å². The van der Waals surface area contributed by atoms with E-state index in [1.54, 1.807) is 4.57 Å². The number of carbonyl (C=O) groups is 1. The van der Waals surface area contributed by atoms with Crippen LogP contribution in [0.3, 0.4) is 0 Å². The smallest absolute Gasteiger partial charge is 0.240 e. The summed E-state index contributed by atoms with van der Waals surface area (Å²) in [5, 5.41) is 10.2. The highest BCUT2D eigenvalue weighted by molar-refractivity contribution is 7.71. The SMILES string of the molecule is Cc1cccc(-c2n[nH]c(=S)n2CC(=O)NC2CCOc3ccccc32)c1. The molecule has 138 valence electrons. The number of H-pyrrole nitrogens is 1. The Labute approximate surface area is 162 Å². The molecule has 0 radical (unpaired) electrons. The number of para-hydroxylation sites is 1. The number of aromatic nitrogens is 3. The second-order valence-corrected chi connectivity index (χ2v) is 6.99. The Balaban J connectivity index is 1.55. The van der Waals surface area contributed by atoms with Crippen LogP contribution in [0.1, 0.15) is 23.6 Å². The zero-order valence-electron chi connectivity index (χ0n) is 14.9. The molecule has 1 aliphatic heterocycles. The van der Waals surface area contributed by atoms with Gasteiger partial charge in [-0.15, -0.1) is 0 Å². The van der Waals surface area contributed by atoms with Crippen LogP contribution in [-0.2, 0) is 11.3 Å². The highest BCUT2D eigenvalue weighted by Crippen LogP contribution is 2.31. The molecule has 0 spiro atoms. The highest BCUT2D eigenvalue weighted by atomic mass is 32.1. The molecule has 2 aromatic carbocycles. The minimum Gasteiger partial charge on any atom is -0.493 e. The quantitative estimate of drug-likeness (QED) is 0.679. The maximum Gasteiger partial charge on any atom is 0.240 e. The number of ether oxygens (including phenoxy) is 1. The summed E-state index contributed by atoms with van der Waals surface area (Å²) in [4.78, 5) is 12.7. The van der Waals surface area contributed by atoms with Crippen molar-refractivity contribution >= 4 is 18.1 Å². The molecule has 0 saturated heterocycles. The molecule has 6 nitrogen and oxygen atoms in total. The van der Waals surface area contributed by atoms with Gasteiger partial charge in [0, 0.05) is 17.5 Å². The monoisotopic (exact) mass is 380 g/mol.